The summed E-state index contributed by atoms with van der Waals surface area (Å²) >= 11 is 0. The highest BCUT2D eigenvalue weighted by Crippen LogP contribution is 2.72. The van der Waals surface area contributed by atoms with Gasteiger partial charge in [-0.05, 0) is 54.9 Å². The van der Waals surface area contributed by atoms with E-state index in [1.807, 2.05) is 0 Å². The summed E-state index contributed by atoms with van der Waals surface area (Å²) in [4.78, 5) is 26.5. The van der Waals surface area contributed by atoms with Crippen molar-refractivity contribution in [2.45, 2.75) is 64.6 Å². The van der Waals surface area contributed by atoms with Crippen LogP contribution in [0.15, 0.2) is 12.2 Å². The molecule has 2 heterocycles. The van der Waals surface area contributed by atoms with Crippen LogP contribution in [0.1, 0.15) is 46.0 Å². The summed E-state index contributed by atoms with van der Waals surface area (Å²) in [6.45, 7) is 8.31. The number of hydrogen-bond acceptors (Lipinski definition) is 6. The van der Waals surface area contributed by atoms with Gasteiger partial charge in [0.2, 0.25) is 0 Å². The molecule has 1 N–H and O–H groups in total. The molecule has 2 bridgehead atoms. The number of aliphatic hydroxyl groups excluding tert-OH is 1. The van der Waals surface area contributed by atoms with Crippen LogP contribution in [0.25, 0.3) is 0 Å². The van der Waals surface area contributed by atoms with Gasteiger partial charge in [-0.2, -0.15) is 0 Å². The lowest BCUT2D eigenvalue weighted by atomic mass is 9.43. The molecule has 3 aliphatic carbocycles. The number of rotatable bonds is 1. The Kier molecular flexibility index (Phi) is 3.45. The van der Waals surface area contributed by atoms with E-state index in [-0.39, 0.29) is 29.0 Å². The quantitative estimate of drug-likeness (QED) is 0.429. The largest absolute Gasteiger partial charge is 0.461 e. The molecule has 6 heteroatoms. The van der Waals surface area contributed by atoms with Crippen molar-refractivity contribution in [2.24, 2.45) is 34.0 Å². The molecule has 0 amide bonds. The SMILES string of the molecule is C=C1C(=O)[C@]23C[C@@H]1CC[C@H]2C12C(O)O[C@@H](OC)[C@@H]1C(C)(C)CC[C@@H]2OC3=O. The summed E-state index contributed by atoms with van der Waals surface area (Å²) in [6.07, 6.45) is 1.33. The minimum Gasteiger partial charge on any atom is -0.461 e. The average molecular weight is 376 g/mol. The molecule has 5 rings (SSSR count). The number of hydrogen-bond donors (Lipinski definition) is 1. The smallest absolute Gasteiger partial charge is 0.320 e. The van der Waals surface area contributed by atoms with Crippen molar-refractivity contribution in [1.29, 1.82) is 0 Å². The third-order valence-electron chi connectivity index (χ3n) is 8.56. The zero-order chi connectivity index (χ0) is 19.4. The van der Waals surface area contributed by atoms with Gasteiger partial charge in [-0.15, -0.1) is 0 Å². The predicted molar refractivity (Wildman–Crippen MR) is 94.1 cm³/mol. The van der Waals surface area contributed by atoms with Crippen molar-refractivity contribution in [3.63, 3.8) is 0 Å². The van der Waals surface area contributed by atoms with Crippen LogP contribution in [-0.4, -0.2) is 42.7 Å². The second kappa shape index (κ2) is 5.22. The van der Waals surface area contributed by atoms with Gasteiger partial charge in [0, 0.05) is 13.0 Å². The number of fused-ring (bicyclic) bond motifs is 1. The summed E-state index contributed by atoms with van der Waals surface area (Å²) in [5, 5.41) is 11.2. The van der Waals surface area contributed by atoms with Gasteiger partial charge in [-0.25, -0.2) is 0 Å². The molecule has 2 aliphatic heterocycles. The van der Waals surface area contributed by atoms with Crippen molar-refractivity contribution in [1.82, 2.24) is 0 Å². The average Bonchev–Trinajstić information content (AvgIpc) is 3.04. The number of carbonyl (C=O) groups is 2. The Morgan fingerprint density at radius 2 is 1.96 bits per heavy atom. The number of Topliss-reactive ketones (excluding diaryl/α,β-unsaturated/α-hetero) is 1. The zero-order valence-corrected chi connectivity index (χ0v) is 16.2. The van der Waals surface area contributed by atoms with Gasteiger partial charge >= 0.3 is 5.97 Å². The highest BCUT2D eigenvalue weighted by Gasteiger charge is 2.80. The van der Waals surface area contributed by atoms with E-state index in [1.54, 1.807) is 7.11 Å². The van der Waals surface area contributed by atoms with Gasteiger partial charge in [0.15, 0.2) is 18.4 Å². The summed E-state index contributed by atoms with van der Waals surface area (Å²) in [7, 11) is 1.58. The van der Waals surface area contributed by atoms with Crippen LogP contribution < -0.4 is 0 Å². The fourth-order valence-electron chi connectivity index (χ4n) is 7.49. The number of methoxy groups -OCH3 is 1. The maximum absolute atomic E-state index is 13.3. The van der Waals surface area contributed by atoms with Gasteiger partial charge in [0.05, 0.1) is 5.41 Å². The molecule has 6 nitrogen and oxygen atoms in total. The molecule has 0 aromatic heterocycles. The van der Waals surface area contributed by atoms with Crippen LogP contribution in [0, 0.1) is 34.0 Å². The molecule has 2 unspecified atom stereocenters. The molecule has 27 heavy (non-hydrogen) atoms. The summed E-state index contributed by atoms with van der Waals surface area (Å²) in [5.41, 5.74) is -1.65. The predicted octanol–water partition coefficient (Wildman–Crippen LogP) is 2.20. The Labute approximate surface area is 159 Å². The van der Waals surface area contributed by atoms with Gasteiger partial charge in [0.25, 0.3) is 0 Å². The van der Waals surface area contributed by atoms with E-state index in [0.29, 0.717) is 24.8 Å². The lowest BCUT2D eigenvalue weighted by molar-refractivity contribution is -0.268. The molecule has 2 saturated heterocycles. The normalized spacial score (nSPS) is 52.8. The summed E-state index contributed by atoms with van der Waals surface area (Å²) < 4.78 is 17.5. The van der Waals surface area contributed by atoms with Crippen LogP contribution in [0.2, 0.25) is 0 Å². The molecule has 3 saturated carbocycles. The molecule has 5 fully saturated rings. The molecular formula is C21H28O6. The molecule has 0 aromatic carbocycles. The second-order valence-electron chi connectivity index (χ2n) is 9.85. The van der Waals surface area contributed by atoms with Gasteiger partial charge in [-0.3, -0.25) is 9.59 Å². The van der Waals surface area contributed by atoms with Crippen LogP contribution in [0.4, 0.5) is 0 Å². The number of allylic oxidation sites excluding steroid dienone is 1. The maximum Gasteiger partial charge on any atom is 0.320 e. The molecule has 5 aliphatic rings. The molecule has 0 radical (unpaired) electrons. The Balaban J connectivity index is 1.74. The fraction of sp³-hybridized carbons (Fsp3) is 0.810. The van der Waals surface area contributed by atoms with Crippen LogP contribution >= 0.6 is 0 Å². The van der Waals surface area contributed by atoms with E-state index in [2.05, 4.69) is 20.4 Å². The Morgan fingerprint density at radius 1 is 1.22 bits per heavy atom. The minimum atomic E-state index is -1.21. The number of ether oxygens (including phenoxy) is 3. The lowest BCUT2D eigenvalue weighted by Gasteiger charge is -2.62. The van der Waals surface area contributed by atoms with Gasteiger partial charge < -0.3 is 19.3 Å². The van der Waals surface area contributed by atoms with Gasteiger partial charge in [-0.1, -0.05) is 20.4 Å². The summed E-state index contributed by atoms with van der Waals surface area (Å²) in [5.74, 6) is -1.01. The standard InChI is InChI=1S/C21H28O6/c1-10-11-5-6-12-20(9-11,15(10)22)17(23)26-13-7-8-19(2,3)14-16(25-4)27-18(24)21(12,13)14/h11-14,16,18,24H,1,5-9H2,2-4H3/t11-,12+,13-,14+,16+,18?,20-,21?/m0/s1. The molecule has 0 aromatic rings. The number of carbonyl (C=O) groups excluding carboxylic acids is 2. The zero-order valence-electron chi connectivity index (χ0n) is 16.2. The third kappa shape index (κ3) is 1.79. The van der Waals surface area contributed by atoms with Crippen molar-refractivity contribution in [3.05, 3.63) is 12.2 Å². The monoisotopic (exact) mass is 376 g/mol. The van der Waals surface area contributed by atoms with Crippen molar-refractivity contribution in [3.8, 4) is 0 Å². The van der Waals surface area contributed by atoms with Crippen LogP contribution in [0.5, 0.6) is 0 Å². The maximum atomic E-state index is 13.3. The minimum absolute atomic E-state index is 0.0435. The first-order chi connectivity index (χ1) is 12.7. The summed E-state index contributed by atoms with van der Waals surface area (Å²) in [6, 6.07) is 0. The van der Waals surface area contributed by atoms with Crippen LogP contribution in [0.3, 0.4) is 0 Å². The Morgan fingerprint density at radius 3 is 2.67 bits per heavy atom. The first-order valence-corrected chi connectivity index (χ1v) is 10.0. The molecule has 2 spiro atoms. The van der Waals surface area contributed by atoms with E-state index >= 15 is 0 Å². The van der Waals surface area contributed by atoms with Crippen molar-refractivity contribution in [2.75, 3.05) is 7.11 Å². The highest BCUT2D eigenvalue weighted by atomic mass is 16.7. The first kappa shape index (κ1) is 17.8. The van der Waals surface area contributed by atoms with E-state index in [4.69, 9.17) is 14.2 Å². The van der Waals surface area contributed by atoms with E-state index < -0.39 is 35.5 Å². The van der Waals surface area contributed by atoms with Crippen molar-refractivity contribution >= 4 is 11.8 Å². The van der Waals surface area contributed by atoms with E-state index in [0.717, 1.165) is 12.8 Å². The Bertz CT molecular complexity index is 743. The first-order valence-electron chi connectivity index (χ1n) is 10.0. The molecule has 148 valence electrons. The van der Waals surface area contributed by atoms with Crippen LogP contribution in [-0.2, 0) is 23.8 Å². The van der Waals surface area contributed by atoms with Crippen molar-refractivity contribution < 1.29 is 28.9 Å². The highest BCUT2D eigenvalue weighted by molar-refractivity contribution is 6.15. The Hall–Kier alpha value is -1.24. The van der Waals surface area contributed by atoms with E-state index in [9.17, 15) is 14.7 Å². The number of aliphatic hydroxyl groups is 1. The van der Waals surface area contributed by atoms with Gasteiger partial charge in [0.1, 0.15) is 11.5 Å². The topological polar surface area (TPSA) is 82.1 Å². The molecular weight excluding hydrogens is 348 g/mol. The fourth-order valence-corrected chi connectivity index (χ4v) is 7.49. The second-order valence-corrected chi connectivity index (χ2v) is 9.85. The van der Waals surface area contributed by atoms with E-state index in [1.165, 1.54) is 0 Å². The number of ketones is 1. The number of esters is 1. The lowest BCUT2D eigenvalue weighted by Crippen LogP contribution is -2.70. The third-order valence-corrected chi connectivity index (χ3v) is 8.56. The molecule has 8 atom stereocenters.